The number of nitrogens with one attached hydrogen (secondary N) is 1. The predicted molar refractivity (Wildman–Crippen MR) is 111 cm³/mol. The first-order chi connectivity index (χ1) is 14.3. The summed E-state index contributed by atoms with van der Waals surface area (Å²) in [6.45, 7) is 6.80. The largest absolute Gasteiger partial charge is 0.449 e. The minimum absolute atomic E-state index is 0.338. The van der Waals surface area contributed by atoms with E-state index in [1.54, 1.807) is 37.6 Å². The number of esters is 1. The van der Waals surface area contributed by atoms with Crippen LogP contribution in [0.25, 0.3) is 5.69 Å². The highest BCUT2D eigenvalue weighted by molar-refractivity contribution is 5.94. The van der Waals surface area contributed by atoms with E-state index in [0.29, 0.717) is 17.0 Å². The Kier molecular flexibility index (Phi) is 6.30. The molecule has 0 spiro atoms. The number of carbonyl (C=O) groups is 2. The maximum atomic E-state index is 13.1. The Morgan fingerprint density at radius 2 is 1.67 bits per heavy atom. The predicted octanol–water partition coefficient (Wildman–Crippen LogP) is 4.05. The highest BCUT2D eigenvalue weighted by Crippen LogP contribution is 2.20. The molecule has 7 heteroatoms. The number of benzene rings is 2. The first kappa shape index (κ1) is 21.2. The molecule has 1 heterocycles. The second kappa shape index (κ2) is 8.90. The Balaban J connectivity index is 1.69. The number of aryl methyl sites for hydroxylation is 1. The summed E-state index contributed by atoms with van der Waals surface area (Å²) >= 11 is 0. The summed E-state index contributed by atoms with van der Waals surface area (Å²) in [5, 5.41) is 7.21. The smallest absolute Gasteiger partial charge is 0.342 e. The molecule has 0 aliphatic heterocycles. The average Bonchev–Trinajstić information content (AvgIpc) is 3.03. The van der Waals surface area contributed by atoms with Crippen LogP contribution in [0.15, 0.2) is 54.6 Å². The molecule has 6 nitrogen and oxygen atoms in total. The zero-order chi connectivity index (χ0) is 21.8. The molecule has 0 saturated heterocycles. The number of rotatable bonds is 6. The van der Waals surface area contributed by atoms with E-state index in [1.807, 2.05) is 30.3 Å². The number of halogens is 1. The van der Waals surface area contributed by atoms with Crippen molar-refractivity contribution in [3.05, 3.63) is 82.9 Å². The minimum atomic E-state index is -1.00. The van der Waals surface area contributed by atoms with Crippen LogP contribution in [0, 0.1) is 19.7 Å². The molecule has 3 aromatic rings. The molecule has 0 fully saturated rings. The van der Waals surface area contributed by atoms with Crippen LogP contribution >= 0.6 is 0 Å². The van der Waals surface area contributed by atoms with E-state index in [4.69, 9.17) is 4.74 Å². The molecular weight excluding hydrogens is 385 g/mol. The zero-order valence-electron chi connectivity index (χ0n) is 17.3. The lowest BCUT2D eigenvalue weighted by Crippen LogP contribution is -2.37. The lowest BCUT2D eigenvalue weighted by atomic mass is 10.1. The van der Waals surface area contributed by atoms with Crippen molar-refractivity contribution < 1.29 is 18.7 Å². The zero-order valence-corrected chi connectivity index (χ0v) is 17.3. The van der Waals surface area contributed by atoms with Gasteiger partial charge < -0.3 is 10.1 Å². The fourth-order valence-electron chi connectivity index (χ4n) is 3.20. The highest BCUT2D eigenvalue weighted by atomic mass is 19.1. The maximum absolute atomic E-state index is 13.1. The summed E-state index contributed by atoms with van der Waals surface area (Å²) in [6.07, 6.45) is -1.00. The van der Waals surface area contributed by atoms with Crippen molar-refractivity contribution >= 4 is 11.9 Å². The van der Waals surface area contributed by atoms with Crippen LogP contribution in [0.4, 0.5) is 4.39 Å². The van der Waals surface area contributed by atoms with Gasteiger partial charge in [-0.25, -0.2) is 13.9 Å². The third-order valence-electron chi connectivity index (χ3n) is 4.88. The molecule has 0 bridgehead atoms. The molecule has 1 N–H and O–H groups in total. The van der Waals surface area contributed by atoms with Gasteiger partial charge in [0.1, 0.15) is 11.4 Å². The summed E-state index contributed by atoms with van der Waals surface area (Å²) in [4.78, 5) is 25.2. The Hall–Kier alpha value is -3.48. The highest BCUT2D eigenvalue weighted by Gasteiger charge is 2.25. The molecule has 156 valence electrons. The first-order valence-corrected chi connectivity index (χ1v) is 9.66. The van der Waals surface area contributed by atoms with Crippen molar-refractivity contribution in [2.45, 2.75) is 39.8 Å². The van der Waals surface area contributed by atoms with Gasteiger partial charge in [0.15, 0.2) is 6.10 Å². The number of nitrogens with zero attached hydrogens (tertiary/aromatic N) is 2. The number of hydrogen-bond acceptors (Lipinski definition) is 4. The molecule has 1 amide bonds. The van der Waals surface area contributed by atoms with Gasteiger partial charge in [0.2, 0.25) is 0 Å². The number of ether oxygens (including phenoxy) is 1. The van der Waals surface area contributed by atoms with E-state index in [9.17, 15) is 14.0 Å². The van der Waals surface area contributed by atoms with Gasteiger partial charge in [0.05, 0.1) is 23.1 Å². The molecule has 0 unspecified atom stereocenters. The van der Waals surface area contributed by atoms with E-state index in [1.165, 1.54) is 19.1 Å². The standard InChI is InChI=1S/C23H24FN3O3/c1-14(18-10-12-19(24)13-11-18)25-22(28)17(4)30-23(29)21-15(2)26-27(16(21)3)20-8-6-5-7-9-20/h5-14,17H,1-4H3,(H,25,28)/t14-,17-/m0/s1. The van der Waals surface area contributed by atoms with Gasteiger partial charge in [0, 0.05) is 0 Å². The number of para-hydroxylation sites is 1. The summed E-state index contributed by atoms with van der Waals surface area (Å²) in [5.74, 6) is -1.39. The number of aromatic nitrogens is 2. The second-order valence-electron chi connectivity index (χ2n) is 7.12. The van der Waals surface area contributed by atoms with Gasteiger partial charge in [-0.1, -0.05) is 30.3 Å². The summed E-state index contributed by atoms with van der Waals surface area (Å²) in [6, 6.07) is 15.0. The van der Waals surface area contributed by atoms with Crippen molar-refractivity contribution in [3.63, 3.8) is 0 Å². The van der Waals surface area contributed by atoms with Crippen LogP contribution < -0.4 is 5.32 Å². The van der Waals surface area contributed by atoms with Gasteiger partial charge >= 0.3 is 5.97 Å². The van der Waals surface area contributed by atoms with Crippen LogP contribution in [0.5, 0.6) is 0 Å². The number of hydrogen-bond donors (Lipinski definition) is 1. The van der Waals surface area contributed by atoms with Gasteiger partial charge in [-0.05, 0) is 57.5 Å². The molecule has 2 aromatic carbocycles. The van der Waals surface area contributed by atoms with Crippen molar-refractivity contribution in [3.8, 4) is 5.69 Å². The Labute approximate surface area is 174 Å². The van der Waals surface area contributed by atoms with Crippen LogP contribution in [0.1, 0.15) is 47.2 Å². The normalized spacial score (nSPS) is 12.8. The number of carbonyl (C=O) groups excluding carboxylic acids is 2. The van der Waals surface area contributed by atoms with Crippen molar-refractivity contribution in [2.24, 2.45) is 0 Å². The van der Waals surface area contributed by atoms with E-state index in [-0.39, 0.29) is 11.9 Å². The molecule has 2 atom stereocenters. The van der Waals surface area contributed by atoms with Gasteiger partial charge in [-0.15, -0.1) is 0 Å². The maximum Gasteiger partial charge on any atom is 0.342 e. The molecule has 0 aliphatic rings. The monoisotopic (exact) mass is 409 g/mol. The lowest BCUT2D eigenvalue weighted by Gasteiger charge is -2.18. The van der Waals surface area contributed by atoms with E-state index < -0.39 is 18.0 Å². The quantitative estimate of drug-likeness (QED) is 0.624. The minimum Gasteiger partial charge on any atom is -0.449 e. The van der Waals surface area contributed by atoms with Crippen molar-refractivity contribution in [1.82, 2.24) is 15.1 Å². The topological polar surface area (TPSA) is 73.2 Å². The fourth-order valence-corrected chi connectivity index (χ4v) is 3.20. The first-order valence-electron chi connectivity index (χ1n) is 9.66. The third kappa shape index (κ3) is 4.56. The van der Waals surface area contributed by atoms with Crippen LogP contribution in [0.2, 0.25) is 0 Å². The van der Waals surface area contributed by atoms with E-state index in [2.05, 4.69) is 10.4 Å². The Bertz CT molecular complexity index is 1050. The molecular formula is C23H24FN3O3. The van der Waals surface area contributed by atoms with Crippen LogP contribution in [-0.4, -0.2) is 27.8 Å². The number of amides is 1. The summed E-state index contributed by atoms with van der Waals surface area (Å²) in [5.41, 5.74) is 3.07. The van der Waals surface area contributed by atoms with Crippen molar-refractivity contribution in [2.75, 3.05) is 0 Å². The Morgan fingerprint density at radius 1 is 1.03 bits per heavy atom. The fraction of sp³-hybridized carbons (Fsp3) is 0.261. The molecule has 3 rings (SSSR count). The van der Waals surface area contributed by atoms with Gasteiger partial charge in [-0.3, -0.25) is 4.79 Å². The third-order valence-corrected chi connectivity index (χ3v) is 4.88. The van der Waals surface area contributed by atoms with Crippen LogP contribution in [-0.2, 0) is 9.53 Å². The molecule has 30 heavy (non-hydrogen) atoms. The summed E-state index contributed by atoms with van der Waals surface area (Å²) in [7, 11) is 0. The van der Waals surface area contributed by atoms with Gasteiger partial charge in [0.25, 0.3) is 5.91 Å². The van der Waals surface area contributed by atoms with Gasteiger partial charge in [-0.2, -0.15) is 5.10 Å². The van der Waals surface area contributed by atoms with Crippen molar-refractivity contribution in [1.29, 1.82) is 0 Å². The Morgan fingerprint density at radius 3 is 2.30 bits per heavy atom. The molecule has 0 saturated carbocycles. The second-order valence-corrected chi connectivity index (χ2v) is 7.12. The van der Waals surface area contributed by atoms with E-state index in [0.717, 1.165) is 11.3 Å². The van der Waals surface area contributed by atoms with Crippen LogP contribution in [0.3, 0.4) is 0 Å². The summed E-state index contributed by atoms with van der Waals surface area (Å²) < 4.78 is 20.1. The molecule has 0 aliphatic carbocycles. The lowest BCUT2D eigenvalue weighted by molar-refractivity contribution is -0.129. The van der Waals surface area contributed by atoms with E-state index >= 15 is 0 Å². The molecule has 0 radical (unpaired) electrons. The average molecular weight is 409 g/mol. The molecule has 1 aromatic heterocycles. The SMILES string of the molecule is Cc1nn(-c2ccccc2)c(C)c1C(=O)O[C@@H](C)C(=O)N[C@@H](C)c1ccc(F)cc1.